The second-order valence-corrected chi connectivity index (χ2v) is 14.9. The van der Waals surface area contributed by atoms with E-state index in [-0.39, 0.29) is 0 Å². The molecular formula is C49H33Br2Cl. The van der Waals surface area contributed by atoms with Gasteiger partial charge in [0.05, 0.1) is 0 Å². The predicted octanol–water partition coefficient (Wildman–Crippen LogP) is 15.8. The number of hydrogen-bond donors (Lipinski definition) is 0. The molecule has 0 radical (unpaired) electrons. The van der Waals surface area contributed by atoms with Crippen LogP contribution in [0, 0.1) is 6.92 Å². The van der Waals surface area contributed by atoms with Gasteiger partial charge in [-0.25, -0.2) is 0 Å². The maximum Gasteiger partial charge on any atom is 0.0484 e. The monoisotopic (exact) mass is 814 g/mol. The van der Waals surface area contributed by atoms with E-state index >= 15 is 0 Å². The third kappa shape index (κ3) is 6.48. The van der Waals surface area contributed by atoms with Crippen LogP contribution in [0.4, 0.5) is 0 Å². The Hall–Kier alpha value is -4.99. The second kappa shape index (κ2) is 14.9. The highest BCUT2D eigenvalue weighted by atomic mass is 79.9. The fourth-order valence-corrected chi connectivity index (χ4v) is 8.55. The number of benzene rings is 8. The van der Waals surface area contributed by atoms with E-state index in [1.807, 2.05) is 12.1 Å². The Morgan fingerprint density at radius 2 is 0.692 bits per heavy atom. The van der Waals surface area contributed by atoms with Crippen LogP contribution in [0.1, 0.15) is 5.56 Å². The Labute approximate surface area is 327 Å². The molecule has 0 amide bonds. The van der Waals surface area contributed by atoms with Gasteiger partial charge in [-0.3, -0.25) is 0 Å². The van der Waals surface area contributed by atoms with E-state index in [2.05, 4.69) is 209 Å². The van der Waals surface area contributed by atoms with Gasteiger partial charge in [0.15, 0.2) is 0 Å². The molecule has 0 fully saturated rings. The zero-order chi connectivity index (χ0) is 35.6. The van der Waals surface area contributed by atoms with Crippen LogP contribution in [-0.4, -0.2) is 0 Å². The topological polar surface area (TPSA) is 0 Å². The van der Waals surface area contributed by atoms with E-state index in [1.165, 1.54) is 16.7 Å². The average Bonchev–Trinajstić information content (AvgIpc) is 3.19. The minimum Gasteiger partial charge on any atom is -0.0837 e. The van der Waals surface area contributed by atoms with Crippen molar-refractivity contribution in [1.29, 1.82) is 0 Å². The van der Waals surface area contributed by atoms with Crippen LogP contribution in [0.25, 0.3) is 77.9 Å². The molecule has 0 unspecified atom stereocenters. The van der Waals surface area contributed by atoms with Gasteiger partial charge < -0.3 is 0 Å². The predicted molar refractivity (Wildman–Crippen MR) is 230 cm³/mol. The largest absolute Gasteiger partial charge is 0.0837 e. The molecule has 0 nitrogen and oxygen atoms in total. The summed E-state index contributed by atoms with van der Waals surface area (Å²) in [7, 11) is 0. The van der Waals surface area contributed by atoms with Gasteiger partial charge in [0.1, 0.15) is 0 Å². The first-order valence-electron chi connectivity index (χ1n) is 17.3. The van der Waals surface area contributed by atoms with Crippen LogP contribution in [0.15, 0.2) is 191 Å². The van der Waals surface area contributed by atoms with Crippen molar-refractivity contribution in [2.24, 2.45) is 0 Å². The molecule has 0 aliphatic carbocycles. The Kier molecular flexibility index (Phi) is 9.80. The minimum absolute atomic E-state index is 0.698. The fourth-order valence-electron chi connectivity index (χ4n) is 7.36. The van der Waals surface area contributed by atoms with Crippen LogP contribution >= 0.6 is 43.5 Å². The molecule has 0 bridgehead atoms. The molecule has 8 aromatic rings. The van der Waals surface area contributed by atoms with Crippen LogP contribution < -0.4 is 0 Å². The first kappa shape index (κ1) is 34.1. The number of hydrogen-bond acceptors (Lipinski definition) is 0. The summed E-state index contributed by atoms with van der Waals surface area (Å²) in [5, 5.41) is 0.698. The fraction of sp³-hybridized carbons (Fsp3) is 0.0204. The maximum absolute atomic E-state index is 7.31. The summed E-state index contributed by atoms with van der Waals surface area (Å²) in [6, 6.07) is 64.4. The van der Waals surface area contributed by atoms with Crippen molar-refractivity contribution in [1.82, 2.24) is 0 Å². The lowest BCUT2D eigenvalue weighted by Crippen LogP contribution is -2.03. The maximum atomic E-state index is 7.31. The number of rotatable bonds is 7. The van der Waals surface area contributed by atoms with Gasteiger partial charge in [0.2, 0.25) is 0 Å². The molecule has 0 spiro atoms. The molecular weight excluding hydrogens is 784 g/mol. The van der Waals surface area contributed by atoms with Crippen molar-refractivity contribution in [3.63, 3.8) is 0 Å². The molecule has 0 heterocycles. The summed E-state index contributed by atoms with van der Waals surface area (Å²) >= 11 is 15.3. The van der Waals surface area contributed by atoms with Crippen LogP contribution in [0.2, 0.25) is 5.02 Å². The molecule has 0 aliphatic rings. The third-order valence-corrected chi connectivity index (χ3v) is 11.4. The van der Waals surface area contributed by atoms with E-state index in [0.29, 0.717) is 5.02 Å². The van der Waals surface area contributed by atoms with E-state index in [9.17, 15) is 0 Å². The first-order chi connectivity index (χ1) is 25.5. The molecule has 250 valence electrons. The zero-order valence-corrected chi connectivity index (χ0v) is 32.4. The van der Waals surface area contributed by atoms with Gasteiger partial charge in [0.25, 0.3) is 0 Å². The lowest BCUT2D eigenvalue weighted by Gasteiger charge is -2.28. The third-order valence-electron chi connectivity index (χ3n) is 9.70. The molecule has 0 N–H and O–H groups in total. The summed E-state index contributed by atoms with van der Waals surface area (Å²) in [4.78, 5) is 0. The van der Waals surface area contributed by atoms with Crippen molar-refractivity contribution in [3.8, 4) is 77.9 Å². The Balaban J connectivity index is 1.61. The summed E-state index contributed by atoms with van der Waals surface area (Å²) < 4.78 is 2.06. The second-order valence-electron chi connectivity index (χ2n) is 12.8. The zero-order valence-electron chi connectivity index (χ0n) is 28.5. The van der Waals surface area contributed by atoms with E-state index < -0.39 is 0 Å². The normalized spacial score (nSPS) is 11.1. The van der Waals surface area contributed by atoms with Crippen molar-refractivity contribution in [2.75, 3.05) is 0 Å². The van der Waals surface area contributed by atoms with Crippen molar-refractivity contribution in [3.05, 3.63) is 202 Å². The molecule has 0 saturated heterocycles. The highest BCUT2D eigenvalue weighted by molar-refractivity contribution is 9.11. The molecule has 52 heavy (non-hydrogen) atoms. The van der Waals surface area contributed by atoms with Crippen molar-refractivity contribution < 1.29 is 0 Å². The summed E-state index contributed by atoms with van der Waals surface area (Å²) in [5.74, 6) is 0. The van der Waals surface area contributed by atoms with E-state index in [4.69, 9.17) is 11.6 Å². The smallest absolute Gasteiger partial charge is 0.0484 e. The van der Waals surface area contributed by atoms with Gasteiger partial charge in [-0.2, -0.15) is 0 Å². The van der Waals surface area contributed by atoms with Gasteiger partial charge in [-0.05, 0) is 110 Å². The van der Waals surface area contributed by atoms with Crippen LogP contribution in [0.3, 0.4) is 0 Å². The molecule has 0 atom stereocenters. The average molecular weight is 817 g/mol. The summed E-state index contributed by atoms with van der Waals surface area (Å²) in [5.41, 5.74) is 16.9. The highest BCUT2D eigenvalue weighted by Gasteiger charge is 2.29. The van der Waals surface area contributed by atoms with Crippen molar-refractivity contribution in [2.45, 2.75) is 6.92 Å². The molecule has 0 saturated carbocycles. The molecule has 3 heteroatoms. The van der Waals surface area contributed by atoms with Crippen LogP contribution in [0.5, 0.6) is 0 Å². The number of halogens is 3. The van der Waals surface area contributed by atoms with Gasteiger partial charge in [-0.1, -0.05) is 195 Å². The van der Waals surface area contributed by atoms with Gasteiger partial charge >= 0.3 is 0 Å². The highest BCUT2D eigenvalue weighted by Crippen LogP contribution is 2.55. The minimum atomic E-state index is 0.698. The molecule has 8 rings (SSSR count). The Morgan fingerprint density at radius 3 is 1.13 bits per heavy atom. The Bertz CT molecular complexity index is 2400. The van der Waals surface area contributed by atoms with Crippen LogP contribution in [-0.2, 0) is 0 Å². The lowest BCUT2D eigenvalue weighted by atomic mass is 9.75. The summed E-state index contributed by atoms with van der Waals surface area (Å²) in [6.07, 6.45) is 0. The van der Waals surface area contributed by atoms with Gasteiger partial charge in [0, 0.05) is 25.1 Å². The standard InChI is InChI=1S/C49H33Br2Cl/c1-32-45(39-24-8-11-27-42(39)50)47(37-22-14-20-35(30-37)33-16-4-2-5-17-33)49(41-26-10-13-29-44(41)52)48(46(32)40-25-9-12-28-43(40)51)38-23-15-21-36(31-38)34-18-6-3-7-19-34/h2-31H,1H3. The van der Waals surface area contributed by atoms with Crippen molar-refractivity contribution >= 4 is 43.5 Å². The SMILES string of the molecule is Cc1c(-c2ccccc2Br)c(-c2cccc(-c3ccccc3)c2)c(-c2ccccc2Cl)c(-c2cccc(-c3ccccc3)c2)c1-c1ccccc1Br. The van der Waals surface area contributed by atoms with E-state index in [1.54, 1.807) is 0 Å². The van der Waals surface area contributed by atoms with Gasteiger partial charge in [-0.15, -0.1) is 0 Å². The molecule has 0 aromatic heterocycles. The first-order valence-corrected chi connectivity index (χ1v) is 19.2. The van der Waals surface area contributed by atoms with E-state index in [0.717, 1.165) is 75.7 Å². The summed E-state index contributed by atoms with van der Waals surface area (Å²) in [6.45, 7) is 2.27. The molecule has 0 aliphatic heterocycles. The Morgan fingerprint density at radius 1 is 0.327 bits per heavy atom. The lowest BCUT2D eigenvalue weighted by molar-refractivity contribution is 1.42. The molecule has 8 aromatic carbocycles. The quantitative estimate of drug-likeness (QED) is 0.150.